The largest absolute Gasteiger partial charge is 0.289 e. The molecule has 2 aromatic rings. The number of hydrogen-bond donors (Lipinski definition) is 3. The van der Waals surface area contributed by atoms with E-state index in [4.69, 9.17) is 0 Å². The molecule has 0 spiro atoms. The zero-order valence-electron chi connectivity index (χ0n) is 21.3. The summed E-state index contributed by atoms with van der Waals surface area (Å²) in [4.78, 5) is 26.4. The third-order valence-corrected chi connectivity index (χ3v) is 7.14. The van der Waals surface area contributed by atoms with Gasteiger partial charge in [0.15, 0.2) is 0 Å². The summed E-state index contributed by atoms with van der Waals surface area (Å²) in [6.07, 6.45) is 5.32. The van der Waals surface area contributed by atoms with Crippen molar-refractivity contribution in [1.82, 2.24) is 15.3 Å². The maximum Gasteiger partial charge on any atom is 0.256 e. The third-order valence-electron chi connectivity index (χ3n) is 6.10. The molecule has 2 aromatic carbocycles. The smallest absolute Gasteiger partial charge is 0.256 e. The summed E-state index contributed by atoms with van der Waals surface area (Å²) in [5, 5.41) is 11.5. The average Bonchev–Trinajstić information content (AvgIpc) is 2.79. The second kappa shape index (κ2) is 11.8. The number of fused-ring (bicyclic) bond motifs is 1. The Morgan fingerprint density at radius 2 is 1.71 bits per heavy atom. The number of sulfonamides is 1. The molecule has 0 aliphatic carbocycles. The Hall–Kier alpha value is -2.75. The van der Waals surface area contributed by atoms with Crippen LogP contribution in [0.1, 0.15) is 46.6 Å². The molecule has 3 N–H and O–H groups in total. The van der Waals surface area contributed by atoms with E-state index in [0.717, 1.165) is 27.0 Å². The summed E-state index contributed by atoms with van der Waals surface area (Å²) < 4.78 is 25.5. The van der Waals surface area contributed by atoms with Crippen molar-refractivity contribution in [3.63, 3.8) is 0 Å². The molecule has 192 valence electrons. The standard InChI is InChI=1S/C26H37N3O5S/c1-7-8-15-22(26(4,5)21-16-11-13-19-12-9-10-14-20(19)21)23(25(31)28-32)24(30)27-29(17-18(2)3)35(6,33)34/h8-16,18,22-23,32H,7,17H2,1-6H3,(H,27,30)(H,28,31)/t22?,23-/m0/s1. The van der Waals surface area contributed by atoms with E-state index >= 15 is 0 Å². The molecule has 0 fully saturated rings. The summed E-state index contributed by atoms with van der Waals surface area (Å²) in [5.41, 5.74) is 4.20. The summed E-state index contributed by atoms with van der Waals surface area (Å²) in [6.45, 7) is 9.49. The summed E-state index contributed by atoms with van der Waals surface area (Å²) >= 11 is 0. The van der Waals surface area contributed by atoms with Gasteiger partial charge in [-0.2, -0.15) is 0 Å². The number of carbonyl (C=O) groups excluding carboxylic acids is 2. The maximum absolute atomic E-state index is 13.5. The molecule has 0 aliphatic heterocycles. The molecule has 2 atom stereocenters. The highest BCUT2D eigenvalue weighted by Crippen LogP contribution is 2.41. The Morgan fingerprint density at radius 3 is 2.29 bits per heavy atom. The number of hydroxylamine groups is 1. The molecule has 0 saturated carbocycles. The number of rotatable bonds is 11. The van der Waals surface area contributed by atoms with Crippen molar-refractivity contribution in [2.45, 2.75) is 46.5 Å². The normalized spacial score (nSPS) is 14.4. The predicted octanol–water partition coefficient (Wildman–Crippen LogP) is 3.77. The number of nitrogens with zero attached hydrogens (tertiary/aromatic N) is 1. The first-order valence-corrected chi connectivity index (χ1v) is 13.6. The summed E-state index contributed by atoms with van der Waals surface area (Å²) in [5.74, 6) is -3.92. The topological polar surface area (TPSA) is 116 Å². The fourth-order valence-electron chi connectivity index (χ4n) is 4.32. The van der Waals surface area contributed by atoms with E-state index in [-0.39, 0.29) is 12.5 Å². The first-order valence-electron chi connectivity index (χ1n) is 11.7. The van der Waals surface area contributed by atoms with Crippen LogP contribution >= 0.6 is 0 Å². The highest BCUT2D eigenvalue weighted by molar-refractivity contribution is 7.88. The number of hydrazine groups is 1. The van der Waals surface area contributed by atoms with Crippen LogP contribution in [0.25, 0.3) is 10.8 Å². The van der Waals surface area contributed by atoms with E-state index in [2.05, 4.69) is 5.43 Å². The first-order chi connectivity index (χ1) is 16.3. The van der Waals surface area contributed by atoms with Crippen molar-refractivity contribution in [1.29, 1.82) is 0 Å². The zero-order chi connectivity index (χ0) is 26.4. The van der Waals surface area contributed by atoms with E-state index in [1.54, 1.807) is 11.6 Å². The fraction of sp³-hybridized carbons (Fsp3) is 0.462. The molecule has 0 aromatic heterocycles. The molecule has 0 saturated heterocycles. The van der Waals surface area contributed by atoms with Gasteiger partial charge in [0.2, 0.25) is 15.9 Å². The van der Waals surface area contributed by atoms with Crippen molar-refractivity contribution in [2.75, 3.05) is 12.8 Å². The maximum atomic E-state index is 13.5. The van der Waals surface area contributed by atoms with Gasteiger partial charge in [-0.3, -0.25) is 20.2 Å². The SMILES string of the molecule is CCC=CC([C@H](C(=O)NO)C(=O)NN(CC(C)C)S(C)(=O)=O)C(C)(C)c1cccc2ccccc12. The molecule has 2 rings (SSSR count). The van der Waals surface area contributed by atoms with Crippen LogP contribution in [-0.2, 0) is 25.0 Å². The molecule has 8 nitrogen and oxygen atoms in total. The van der Waals surface area contributed by atoms with E-state index < -0.39 is 39.1 Å². The van der Waals surface area contributed by atoms with Gasteiger partial charge in [-0.05, 0) is 34.1 Å². The van der Waals surface area contributed by atoms with E-state index in [0.29, 0.717) is 6.42 Å². The van der Waals surface area contributed by atoms with Gasteiger partial charge in [-0.25, -0.2) is 13.9 Å². The van der Waals surface area contributed by atoms with Crippen LogP contribution in [0.3, 0.4) is 0 Å². The molecule has 1 unspecified atom stereocenters. The van der Waals surface area contributed by atoms with Gasteiger partial charge in [-0.1, -0.05) is 89.2 Å². The monoisotopic (exact) mass is 503 g/mol. The number of hydrogen-bond acceptors (Lipinski definition) is 5. The lowest BCUT2D eigenvalue weighted by molar-refractivity contribution is -0.144. The number of carbonyl (C=O) groups is 2. The average molecular weight is 504 g/mol. The Labute approximate surface area is 208 Å². The molecular weight excluding hydrogens is 466 g/mol. The molecule has 35 heavy (non-hydrogen) atoms. The van der Waals surface area contributed by atoms with E-state index in [9.17, 15) is 23.2 Å². The number of allylic oxidation sites excluding steroid dienone is 2. The quantitative estimate of drug-likeness (QED) is 0.187. The number of benzene rings is 2. The van der Waals surface area contributed by atoms with Gasteiger partial charge in [0.05, 0.1) is 6.26 Å². The summed E-state index contributed by atoms with van der Waals surface area (Å²) in [7, 11) is -3.79. The molecule has 2 amide bonds. The van der Waals surface area contributed by atoms with Gasteiger partial charge in [0.25, 0.3) is 5.91 Å². The van der Waals surface area contributed by atoms with Crippen molar-refractivity contribution < 1.29 is 23.2 Å². The fourth-order valence-corrected chi connectivity index (χ4v) is 5.15. The van der Waals surface area contributed by atoms with Gasteiger partial charge in [-0.15, -0.1) is 4.41 Å². The van der Waals surface area contributed by atoms with Gasteiger partial charge in [0.1, 0.15) is 5.92 Å². The minimum Gasteiger partial charge on any atom is -0.289 e. The Kier molecular flexibility index (Phi) is 9.60. The highest BCUT2D eigenvalue weighted by atomic mass is 32.2. The molecule has 0 radical (unpaired) electrons. The van der Waals surface area contributed by atoms with Gasteiger partial charge >= 0.3 is 0 Å². The van der Waals surface area contributed by atoms with Crippen molar-refractivity contribution in [3.05, 3.63) is 60.2 Å². The van der Waals surface area contributed by atoms with Crippen LogP contribution in [0.15, 0.2) is 54.6 Å². The second-order valence-electron chi connectivity index (χ2n) is 9.73. The van der Waals surface area contributed by atoms with Gasteiger partial charge in [0, 0.05) is 12.5 Å². The van der Waals surface area contributed by atoms with Crippen LogP contribution in [0.2, 0.25) is 0 Å². The van der Waals surface area contributed by atoms with Crippen LogP contribution < -0.4 is 10.9 Å². The van der Waals surface area contributed by atoms with Crippen molar-refractivity contribution >= 4 is 32.6 Å². The van der Waals surface area contributed by atoms with Gasteiger partial charge < -0.3 is 0 Å². The van der Waals surface area contributed by atoms with Crippen LogP contribution in [0, 0.1) is 17.8 Å². The third kappa shape index (κ3) is 6.90. The Morgan fingerprint density at radius 1 is 1.09 bits per heavy atom. The molecule has 9 heteroatoms. The lowest BCUT2D eigenvalue weighted by Gasteiger charge is -2.38. The van der Waals surface area contributed by atoms with Crippen LogP contribution in [0.4, 0.5) is 0 Å². The highest BCUT2D eigenvalue weighted by Gasteiger charge is 2.44. The van der Waals surface area contributed by atoms with Crippen molar-refractivity contribution in [3.8, 4) is 0 Å². The van der Waals surface area contributed by atoms with Crippen molar-refractivity contribution in [2.24, 2.45) is 17.8 Å². The van der Waals surface area contributed by atoms with E-state index in [1.165, 1.54) is 0 Å². The predicted molar refractivity (Wildman–Crippen MR) is 138 cm³/mol. The lowest BCUT2D eigenvalue weighted by atomic mass is 9.66. The Balaban J connectivity index is 2.64. The lowest BCUT2D eigenvalue weighted by Crippen LogP contribution is -2.55. The number of nitrogens with one attached hydrogen (secondary N) is 2. The first kappa shape index (κ1) is 28.5. The van der Waals surface area contributed by atoms with Crippen LogP contribution in [-0.4, -0.2) is 42.7 Å². The van der Waals surface area contributed by atoms with E-state index in [1.807, 2.05) is 83.2 Å². The van der Waals surface area contributed by atoms with Crippen LogP contribution in [0.5, 0.6) is 0 Å². The molecular formula is C26H37N3O5S. The minimum absolute atomic E-state index is 0.0419. The molecule has 0 heterocycles. The summed E-state index contributed by atoms with van der Waals surface area (Å²) in [6, 6.07) is 13.7. The minimum atomic E-state index is -3.79. The second-order valence-corrected chi connectivity index (χ2v) is 11.6. The molecule has 0 bridgehead atoms. The Bertz CT molecular complexity index is 1170. The molecule has 0 aliphatic rings. The zero-order valence-corrected chi connectivity index (χ0v) is 22.1. The number of amides is 2.